The lowest BCUT2D eigenvalue weighted by Gasteiger charge is -2.11. The van der Waals surface area contributed by atoms with Gasteiger partial charge in [0.15, 0.2) is 0 Å². The molecule has 0 spiro atoms. The Balaban J connectivity index is 2.68. The van der Waals surface area contributed by atoms with E-state index in [0.717, 1.165) is 10.6 Å². The molecule has 1 aromatic rings. The van der Waals surface area contributed by atoms with Crippen LogP contribution in [0.25, 0.3) is 0 Å². The first kappa shape index (κ1) is 17.0. The summed E-state index contributed by atoms with van der Waals surface area (Å²) < 4.78 is 27.0. The van der Waals surface area contributed by atoms with Crippen LogP contribution >= 0.6 is 23.1 Å². The van der Waals surface area contributed by atoms with Crippen molar-refractivity contribution in [1.82, 2.24) is 10.0 Å². The summed E-state index contributed by atoms with van der Waals surface area (Å²) in [7, 11) is -3.38. The number of sulfonamides is 1. The quantitative estimate of drug-likeness (QED) is 0.771. The highest BCUT2D eigenvalue weighted by atomic mass is 32.2. The summed E-state index contributed by atoms with van der Waals surface area (Å²) in [5, 5.41) is 4.98. The second-order valence-electron chi connectivity index (χ2n) is 4.76. The molecule has 0 aliphatic heterocycles. The molecule has 1 heterocycles. The molecule has 0 aliphatic carbocycles. The summed E-state index contributed by atoms with van der Waals surface area (Å²) in [5.74, 6) is 0.769. The Hall–Kier alpha value is -0.0800. The van der Waals surface area contributed by atoms with Gasteiger partial charge in [-0.2, -0.15) is 11.8 Å². The van der Waals surface area contributed by atoms with Crippen LogP contribution in [-0.4, -0.2) is 32.5 Å². The van der Waals surface area contributed by atoms with Crippen LogP contribution < -0.4 is 10.0 Å². The van der Waals surface area contributed by atoms with E-state index in [9.17, 15) is 8.42 Å². The van der Waals surface area contributed by atoms with Crippen molar-refractivity contribution in [2.75, 3.05) is 12.0 Å². The molecular weight excluding hydrogens is 300 g/mol. The molecule has 4 nitrogen and oxygen atoms in total. The van der Waals surface area contributed by atoms with Crippen LogP contribution in [0.5, 0.6) is 0 Å². The summed E-state index contributed by atoms with van der Waals surface area (Å²) in [6.45, 7) is 6.72. The lowest BCUT2D eigenvalue weighted by Crippen LogP contribution is -2.34. The monoisotopic (exact) mass is 322 g/mol. The highest BCUT2D eigenvalue weighted by Gasteiger charge is 2.18. The fraction of sp³-hybridized carbons (Fsp3) is 0.667. The van der Waals surface area contributed by atoms with Crippen molar-refractivity contribution < 1.29 is 8.42 Å². The number of thiophene rings is 1. The summed E-state index contributed by atoms with van der Waals surface area (Å²) in [4.78, 5) is 1.40. The minimum Gasteiger partial charge on any atom is -0.310 e. The van der Waals surface area contributed by atoms with E-state index in [2.05, 4.69) is 23.9 Å². The van der Waals surface area contributed by atoms with E-state index in [0.29, 0.717) is 17.5 Å². The van der Waals surface area contributed by atoms with Crippen molar-refractivity contribution >= 4 is 33.1 Å². The third-order valence-corrected chi connectivity index (χ3v) is 5.89. The smallest absolute Gasteiger partial charge is 0.241 e. The number of hydrogen-bond acceptors (Lipinski definition) is 5. The van der Waals surface area contributed by atoms with Crippen LogP contribution in [0.4, 0.5) is 0 Å². The SMILES string of the molecule is CSCC(C)NS(=O)(=O)c1csc(CNC(C)C)c1. The van der Waals surface area contributed by atoms with Gasteiger partial charge in [0.2, 0.25) is 10.0 Å². The highest BCUT2D eigenvalue weighted by molar-refractivity contribution is 7.98. The van der Waals surface area contributed by atoms with Gasteiger partial charge in [-0.15, -0.1) is 11.3 Å². The van der Waals surface area contributed by atoms with Crippen LogP contribution in [0, 0.1) is 0 Å². The molecule has 1 atom stereocenters. The zero-order valence-electron chi connectivity index (χ0n) is 11.8. The van der Waals surface area contributed by atoms with Crippen molar-refractivity contribution in [2.45, 2.75) is 44.3 Å². The van der Waals surface area contributed by atoms with Crippen molar-refractivity contribution in [3.05, 3.63) is 16.3 Å². The number of thioether (sulfide) groups is 1. The molecule has 110 valence electrons. The molecule has 1 aromatic heterocycles. The summed E-state index contributed by atoms with van der Waals surface area (Å²) >= 11 is 3.10. The normalized spacial score (nSPS) is 13.9. The van der Waals surface area contributed by atoms with Crippen LogP contribution in [-0.2, 0) is 16.6 Å². The van der Waals surface area contributed by atoms with E-state index in [-0.39, 0.29) is 6.04 Å². The Kier molecular flexibility index (Phi) is 6.82. The molecule has 0 radical (unpaired) electrons. The molecule has 1 unspecified atom stereocenters. The Morgan fingerprint density at radius 2 is 2.05 bits per heavy atom. The first-order valence-corrected chi connectivity index (χ1v) is 9.93. The third-order valence-electron chi connectivity index (χ3n) is 2.40. The molecular formula is C12H22N2O2S3. The Morgan fingerprint density at radius 1 is 1.37 bits per heavy atom. The van der Waals surface area contributed by atoms with Gasteiger partial charge in [0, 0.05) is 34.6 Å². The molecule has 0 bridgehead atoms. The molecule has 2 N–H and O–H groups in total. The van der Waals surface area contributed by atoms with Crippen LogP contribution in [0.1, 0.15) is 25.6 Å². The Morgan fingerprint density at radius 3 is 2.63 bits per heavy atom. The summed E-state index contributed by atoms with van der Waals surface area (Å²) in [5.41, 5.74) is 0. The molecule has 0 amide bonds. The predicted octanol–water partition coefficient (Wildman–Crippen LogP) is 2.28. The Labute approximate surface area is 124 Å². The second kappa shape index (κ2) is 7.64. The average Bonchev–Trinajstić information content (AvgIpc) is 2.75. The van der Waals surface area contributed by atoms with Crippen LogP contribution in [0.15, 0.2) is 16.3 Å². The largest absolute Gasteiger partial charge is 0.310 e. The van der Waals surface area contributed by atoms with Gasteiger partial charge in [0.05, 0.1) is 4.90 Å². The third kappa shape index (κ3) is 5.83. The van der Waals surface area contributed by atoms with Gasteiger partial charge in [0.1, 0.15) is 0 Å². The van der Waals surface area contributed by atoms with Gasteiger partial charge < -0.3 is 5.32 Å². The van der Waals surface area contributed by atoms with Crippen molar-refractivity contribution in [1.29, 1.82) is 0 Å². The van der Waals surface area contributed by atoms with Crippen molar-refractivity contribution in [3.63, 3.8) is 0 Å². The maximum atomic E-state index is 12.1. The van der Waals surface area contributed by atoms with Gasteiger partial charge in [0.25, 0.3) is 0 Å². The van der Waals surface area contributed by atoms with Gasteiger partial charge in [-0.1, -0.05) is 13.8 Å². The van der Waals surface area contributed by atoms with E-state index >= 15 is 0 Å². The zero-order valence-corrected chi connectivity index (χ0v) is 14.2. The number of hydrogen-bond donors (Lipinski definition) is 2. The van der Waals surface area contributed by atoms with Crippen LogP contribution in [0.2, 0.25) is 0 Å². The fourth-order valence-electron chi connectivity index (χ4n) is 1.52. The molecule has 0 aliphatic rings. The van der Waals surface area contributed by atoms with Crippen LogP contribution in [0.3, 0.4) is 0 Å². The molecule has 0 fully saturated rings. The van der Waals surface area contributed by atoms with E-state index in [4.69, 9.17) is 0 Å². The van der Waals surface area contributed by atoms with Gasteiger partial charge in [-0.3, -0.25) is 0 Å². The molecule has 0 saturated carbocycles. The van der Waals surface area contributed by atoms with Gasteiger partial charge in [-0.05, 0) is 19.2 Å². The summed E-state index contributed by atoms with van der Waals surface area (Å²) in [6.07, 6.45) is 1.96. The molecule has 0 saturated heterocycles. The standard InChI is InChI=1S/C12H22N2O2S3/c1-9(2)13-6-11-5-12(8-18-11)19(15,16)14-10(3)7-17-4/h5,8-10,13-14H,6-7H2,1-4H3. The van der Waals surface area contributed by atoms with E-state index in [1.807, 2.05) is 13.2 Å². The molecule has 19 heavy (non-hydrogen) atoms. The minimum absolute atomic E-state index is 0.0582. The first-order valence-electron chi connectivity index (χ1n) is 6.17. The second-order valence-corrected chi connectivity index (χ2v) is 8.38. The van der Waals surface area contributed by atoms with E-state index in [1.165, 1.54) is 11.3 Å². The lowest BCUT2D eigenvalue weighted by molar-refractivity contribution is 0.571. The first-order chi connectivity index (χ1) is 8.85. The highest BCUT2D eigenvalue weighted by Crippen LogP contribution is 2.19. The van der Waals surface area contributed by atoms with E-state index in [1.54, 1.807) is 23.2 Å². The number of rotatable bonds is 8. The van der Waals surface area contributed by atoms with E-state index < -0.39 is 10.0 Å². The van der Waals surface area contributed by atoms with Crippen molar-refractivity contribution in [2.24, 2.45) is 0 Å². The molecule has 0 aromatic carbocycles. The minimum atomic E-state index is -3.38. The Bertz CT molecular complexity index is 483. The summed E-state index contributed by atoms with van der Waals surface area (Å²) in [6, 6.07) is 2.08. The lowest BCUT2D eigenvalue weighted by atomic mass is 10.4. The van der Waals surface area contributed by atoms with Crippen molar-refractivity contribution in [3.8, 4) is 0 Å². The van der Waals surface area contributed by atoms with Gasteiger partial charge >= 0.3 is 0 Å². The average molecular weight is 323 g/mol. The number of nitrogens with one attached hydrogen (secondary N) is 2. The topological polar surface area (TPSA) is 58.2 Å². The molecule has 7 heteroatoms. The van der Waals surface area contributed by atoms with Gasteiger partial charge in [-0.25, -0.2) is 13.1 Å². The fourth-order valence-corrected chi connectivity index (χ4v) is 4.67. The maximum absolute atomic E-state index is 12.1. The zero-order chi connectivity index (χ0) is 14.5. The molecule has 1 rings (SSSR count). The predicted molar refractivity (Wildman–Crippen MR) is 84.5 cm³/mol. The maximum Gasteiger partial charge on any atom is 0.241 e.